The molecule has 2 heterocycles. The second-order valence-corrected chi connectivity index (χ2v) is 10.4. The summed E-state index contributed by atoms with van der Waals surface area (Å²) in [7, 11) is 0. The first-order chi connectivity index (χ1) is 20.8. The predicted molar refractivity (Wildman–Crippen MR) is 170 cm³/mol. The van der Waals surface area contributed by atoms with Gasteiger partial charge in [-0.15, -0.1) is 0 Å². The minimum Gasteiger partial charge on any atom is -0.473 e. The Kier molecular flexibility index (Phi) is 7.09. The van der Waals surface area contributed by atoms with Gasteiger partial charge in [0.1, 0.15) is 11.5 Å². The molecule has 0 saturated carbocycles. The first-order valence-electron chi connectivity index (χ1n) is 14.1. The van der Waals surface area contributed by atoms with Crippen molar-refractivity contribution in [3.63, 3.8) is 0 Å². The molecule has 0 fully saturated rings. The van der Waals surface area contributed by atoms with Crippen LogP contribution in [0.15, 0.2) is 131 Å². The van der Waals surface area contributed by atoms with Crippen LogP contribution in [0.2, 0.25) is 0 Å². The van der Waals surface area contributed by atoms with E-state index in [0.29, 0.717) is 13.5 Å². The Bertz CT molecular complexity index is 1600. The summed E-state index contributed by atoms with van der Waals surface area (Å²) < 4.78 is 12.0. The van der Waals surface area contributed by atoms with Gasteiger partial charge in [0, 0.05) is 48.0 Å². The molecule has 7 rings (SSSR count). The highest BCUT2D eigenvalue weighted by molar-refractivity contribution is 5.86. The van der Waals surface area contributed by atoms with Gasteiger partial charge in [0.2, 0.25) is 0 Å². The Labute approximate surface area is 245 Å². The van der Waals surface area contributed by atoms with Crippen LogP contribution in [0, 0.1) is 0 Å². The molecule has 0 aromatic heterocycles. The summed E-state index contributed by atoms with van der Waals surface area (Å²) in [6, 6.07) is 41.1. The molecule has 0 atom stereocenters. The summed E-state index contributed by atoms with van der Waals surface area (Å²) in [6.45, 7) is 2.67. The number of nitrogens with zero attached hydrogens (tertiary/aromatic N) is 4. The van der Waals surface area contributed by atoms with Crippen molar-refractivity contribution < 1.29 is 9.47 Å². The lowest BCUT2D eigenvalue weighted by atomic mass is 10.1. The molecule has 0 radical (unpaired) electrons. The molecule has 206 valence electrons. The maximum Gasteiger partial charge on any atom is 0.161 e. The third-order valence-corrected chi connectivity index (χ3v) is 7.47. The number of hydrogen-bond acceptors (Lipinski definition) is 6. The molecule has 0 saturated heterocycles. The Morgan fingerprint density at radius 1 is 0.500 bits per heavy atom. The Hall–Kier alpha value is -5.36. The van der Waals surface area contributed by atoms with Gasteiger partial charge in [-0.2, -0.15) is 0 Å². The van der Waals surface area contributed by atoms with E-state index in [-0.39, 0.29) is 0 Å². The van der Waals surface area contributed by atoms with Gasteiger partial charge in [-0.3, -0.25) is 9.98 Å². The quantitative estimate of drug-likeness (QED) is 0.202. The van der Waals surface area contributed by atoms with Crippen LogP contribution in [0.1, 0.15) is 22.3 Å². The van der Waals surface area contributed by atoms with Crippen molar-refractivity contribution in [3.8, 4) is 11.5 Å². The zero-order valence-electron chi connectivity index (χ0n) is 23.1. The maximum absolute atomic E-state index is 5.98. The van der Waals surface area contributed by atoms with Crippen molar-refractivity contribution in [1.82, 2.24) is 0 Å². The summed E-state index contributed by atoms with van der Waals surface area (Å²) in [5.74, 6) is 1.84. The maximum atomic E-state index is 5.98. The number of fused-ring (bicyclic) bond motifs is 2. The zero-order chi connectivity index (χ0) is 28.1. The lowest BCUT2D eigenvalue weighted by Crippen LogP contribution is -2.31. The van der Waals surface area contributed by atoms with E-state index < -0.39 is 0 Å². The van der Waals surface area contributed by atoms with Crippen molar-refractivity contribution in [1.29, 1.82) is 0 Å². The largest absolute Gasteiger partial charge is 0.473 e. The highest BCUT2D eigenvalue weighted by atomic mass is 16.5. The van der Waals surface area contributed by atoms with Gasteiger partial charge in [0.25, 0.3) is 0 Å². The van der Waals surface area contributed by atoms with Gasteiger partial charge in [-0.05, 0) is 71.8 Å². The van der Waals surface area contributed by atoms with E-state index in [4.69, 9.17) is 19.5 Å². The molecule has 6 heteroatoms. The van der Waals surface area contributed by atoms with Crippen LogP contribution in [0.4, 0.5) is 22.7 Å². The molecule has 6 nitrogen and oxygen atoms in total. The van der Waals surface area contributed by atoms with E-state index in [1.54, 1.807) is 0 Å². The molecule has 5 aromatic rings. The number of anilines is 2. The Balaban J connectivity index is 0.995. The van der Waals surface area contributed by atoms with Crippen LogP contribution in [-0.2, 0) is 13.1 Å². The number of benzene rings is 5. The molecule has 0 spiro atoms. The van der Waals surface area contributed by atoms with Crippen molar-refractivity contribution in [2.24, 2.45) is 9.98 Å². The molecule has 0 bridgehead atoms. The highest BCUT2D eigenvalue weighted by Crippen LogP contribution is 2.32. The molecule has 2 aliphatic rings. The van der Waals surface area contributed by atoms with E-state index in [0.717, 1.165) is 69.6 Å². The van der Waals surface area contributed by atoms with E-state index in [1.165, 1.54) is 0 Å². The molecule has 0 N–H and O–H groups in total. The fourth-order valence-electron chi connectivity index (χ4n) is 5.19. The number of aliphatic imine (C=N–C) groups is 2. The standard InChI is InChI=1S/C36H30N4O2/c1-3-7-33(8-4-1)39-23-29-19-31(15-17-35(29)41-25-39)37-21-27-11-13-28(14-12-27)22-38-32-16-18-36-30(20-32)24-40(26-42-36)34-9-5-2-6-10-34/h1-22H,23-26H2. The summed E-state index contributed by atoms with van der Waals surface area (Å²) in [6.07, 6.45) is 3.78. The van der Waals surface area contributed by atoms with Crippen molar-refractivity contribution >= 4 is 35.2 Å². The van der Waals surface area contributed by atoms with Crippen LogP contribution >= 0.6 is 0 Å². The summed E-state index contributed by atoms with van der Waals surface area (Å²) in [5, 5.41) is 0. The lowest BCUT2D eigenvalue weighted by molar-refractivity contribution is 0.289. The molecule has 42 heavy (non-hydrogen) atoms. The monoisotopic (exact) mass is 550 g/mol. The fourth-order valence-corrected chi connectivity index (χ4v) is 5.19. The normalized spacial score (nSPS) is 14.4. The third kappa shape index (κ3) is 5.74. The predicted octanol–water partition coefficient (Wildman–Crippen LogP) is 7.90. The number of ether oxygens (including phenoxy) is 2. The summed E-state index contributed by atoms with van der Waals surface area (Å²) in [4.78, 5) is 13.9. The summed E-state index contributed by atoms with van der Waals surface area (Å²) in [5.41, 5.74) is 8.42. The molecular formula is C36H30N4O2. The van der Waals surface area contributed by atoms with E-state index in [9.17, 15) is 0 Å². The van der Waals surface area contributed by atoms with Gasteiger partial charge < -0.3 is 19.3 Å². The molecular weight excluding hydrogens is 520 g/mol. The number of para-hydroxylation sites is 2. The van der Waals surface area contributed by atoms with Crippen molar-refractivity contribution in [2.45, 2.75) is 13.1 Å². The van der Waals surface area contributed by atoms with Gasteiger partial charge in [0.05, 0.1) is 11.4 Å². The minimum atomic E-state index is 0.545. The van der Waals surface area contributed by atoms with Gasteiger partial charge in [-0.1, -0.05) is 60.7 Å². The van der Waals surface area contributed by atoms with Crippen molar-refractivity contribution in [3.05, 3.63) is 144 Å². The third-order valence-electron chi connectivity index (χ3n) is 7.47. The summed E-state index contributed by atoms with van der Waals surface area (Å²) >= 11 is 0. The number of hydrogen-bond donors (Lipinski definition) is 0. The molecule has 0 aliphatic carbocycles. The average molecular weight is 551 g/mol. The topological polar surface area (TPSA) is 49.7 Å². The zero-order valence-corrected chi connectivity index (χ0v) is 23.1. The SMILES string of the molecule is C(=Nc1ccc2c(c1)CN(c1ccccc1)CO2)c1ccc(C=Nc2ccc3c(c2)CN(c2ccccc2)CO3)cc1. The lowest BCUT2D eigenvalue weighted by Gasteiger charge is -2.30. The van der Waals surface area contributed by atoms with Crippen LogP contribution in [0.3, 0.4) is 0 Å². The second kappa shape index (κ2) is 11.6. The molecule has 5 aromatic carbocycles. The van der Waals surface area contributed by atoms with Crippen LogP contribution in [0.25, 0.3) is 0 Å². The van der Waals surface area contributed by atoms with Crippen LogP contribution < -0.4 is 19.3 Å². The van der Waals surface area contributed by atoms with Gasteiger partial charge in [-0.25, -0.2) is 0 Å². The molecule has 2 aliphatic heterocycles. The highest BCUT2D eigenvalue weighted by Gasteiger charge is 2.19. The van der Waals surface area contributed by atoms with Crippen LogP contribution in [0.5, 0.6) is 11.5 Å². The first kappa shape index (κ1) is 25.6. The Morgan fingerprint density at radius 3 is 1.36 bits per heavy atom. The van der Waals surface area contributed by atoms with E-state index in [1.807, 2.05) is 73.1 Å². The smallest absolute Gasteiger partial charge is 0.161 e. The first-order valence-corrected chi connectivity index (χ1v) is 14.1. The molecule has 0 unspecified atom stereocenters. The van der Waals surface area contributed by atoms with Crippen LogP contribution in [-0.4, -0.2) is 25.9 Å². The van der Waals surface area contributed by atoms with Gasteiger partial charge in [0.15, 0.2) is 13.5 Å². The Morgan fingerprint density at radius 2 is 0.929 bits per heavy atom. The van der Waals surface area contributed by atoms with Crippen molar-refractivity contribution in [2.75, 3.05) is 23.3 Å². The average Bonchev–Trinajstić information content (AvgIpc) is 3.07. The molecule has 0 amide bonds. The van der Waals surface area contributed by atoms with E-state index in [2.05, 4.69) is 70.5 Å². The van der Waals surface area contributed by atoms with Gasteiger partial charge >= 0.3 is 0 Å². The fraction of sp³-hybridized carbons (Fsp3) is 0.111. The number of rotatable bonds is 6. The van der Waals surface area contributed by atoms with E-state index >= 15 is 0 Å². The minimum absolute atomic E-state index is 0.545. The second-order valence-electron chi connectivity index (χ2n) is 10.4.